The molecule has 94 valence electrons. The molecule has 1 rings (SSSR count). The molecular formula is C12H19N3O2. The van der Waals surface area contributed by atoms with Crippen LogP contribution in [0.25, 0.3) is 0 Å². The lowest BCUT2D eigenvalue weighted by Crippen LogP contribution is -2.43. The first-order valence-corrected chi connectivity index (χ1v) is 5.49. The smallest absolute Gasteiger partial charge is 0.248 e. The van der Waals surface area contributed by atoms with Gasteiger partial charge in [-0.25, -0.2) is 5.84 Å². The number of nitrogens with one attached hydrogen (secondary N) is 1. The van der Waals surface area contributed by atoms with Gasteiger partial charge in [0.25, 0.3) is 0 Å². The number of carbonyl (C=O) groups excluding carboxylic acids is 1. The topological polar surface area (TPSA) is 78.6 Å². The molecule has 0 saturated heterocycles. The molecule has 0 fully saturated rings. The first-order valence-electron chi connectivity index (χ1n) is 5.49. The van der Waals surface area contributed by atoms with Crippen LogP contribution in [0.3, 0.4) is 0 Å². The van der Waals surface area contributed by atoms with E-state index < -0.39 is 6.10 Å². The van der Waals surface area contributed by atoms with Gasteiger partial charge in [-0.2, -0.15) is 0 Å². The summed E-state index contributed by atoms with van der Waals surface area (Å²) in [6.07, 6.45) is -0.633. The second-order valence-electron chi connectivity index (χ2n) is 4.08. The van der Waals surface area contributed by atoms with Crippen molar-refractivity contribution in [1.29, 1.82) is 0 Å². The molecule has 5 heteroatoms. The lowest BCUT2D eigenvalue weighted by Gasteiger charge is -2.28. The summed E-state index contributed by atoms with van der Waals surface area (Å²) in [7, 11) is 1.77. The second kappa shape index (κ2) is 6.34. The van der Waals surface area contributed by atoms with Gasteiger partial charge in [-0.3, -0.25) is 15.1 Å². The van der Waals surface area contributed by atoms with Gasteiger partial charge in [0.15, 0.2) is 0 Å². The normalized spacial score (nSPS) is 14.4. The summed E-state index contributed by atoms with van der Waals surface area (Å²) in [5, 5.41) is 10.1. The third-order valence-corrected chi connectivity index (χ3v) is 2.85. The number of carbonyl (C=O) groups is 1. The van der Waals surface area contributed by atoms with Crippen LogP contribution in [-0.2, 0) is 4.79 Å². The molecule has 0 unspecified atom stereocenters. The molecule has 2 atom stereocenters. The minimum absolute atomic E-state index is 0.154. The third-order valence-electron chi connectivity index (χ3n) is 2.85. The fourth-order valence-electron chi connectivity index (χ4n) is 1.59. The molecule has 17 heavy (non-hydrogen) atoms. The number of likely N-dealkylation sites (N-methyl/N-ethyl adjacent to an activating group) is 1. The number of aliphatic hydroxyl groups is 1. The fraction of sp³-hybridized carbons (Fsp3) is 0.417. The maximum atomic E-state index is 11.1. The van der Waals surface area contributed by atoms with Crippen LogP contribution in [0.5, 0.6) is 0 Å². The van der Waals surface area contributed by atoms with Crippen molar-refractivity contribution < 1.29 is 9.90 Å². The van der Waals surface area contributed by atoms with E-state index in [0.29, 0.717) is 0 Å². The summed E-state index contributed by atoms with van der Waals surface area (Å²) in [6, 6.07) is 9.19. The van der Waals surface area contributed by atoms with Gasteiger partial charge in [0.05, 0.1) is 12.6 Å². The highest BCUT2D eigenvalue weighted by atomic mass is 16.3. The molecule has 5 nitrogen and oxygen atoms in total. The van der Waals surface area contributed by atoms with Crippen molar-refractivity contribution in [3.05, 3.63) is 35.9 Å². The van der Waals surface area contributed by atoms with Crippen molar-refractivity contribution in [2.75, 3.05) is 13.6 Å². The molecule has 1 aromatic rings. The number of amides is 1. The molecule has 0 bridgehead atoms. The highest BCUT2D eigenvalue weighted by molar-refractivity contribution is 5.77. The van der Waals surface area contributed by atoms with Crippen LogP contribution in [0.15, 0.2) is 30.3 Å². The number of nitrogens with zero attached hydrogens (tertiary/aromatic N) is 1. The predicted octanol–water partition coefficient (Wildman–Crippen LogP) is 0.0302. The maximum absolute atomic E-state index is 11.1. The van der Waals surface area contributed by atoms with Gasteiger partial charge < -0.3 is 5.11 Å². The Hall–Kier alpha value is -1.43. The molecule has 0 aliphatic carbocycles. The Morgan fingerprint density at radius 2 is 2.06 bits per heavy atom. The molecule has 1 amide bonds. The second-order valence-corrected chi connectivity index (χ2v) is 4.08. The summed E-state index contributed by atoms with van der Waals surface area (Å²) in [5.41, 5.74) is 2.90. The van der Waals surface area contributed by atoms with E-state index in [-0.39, 0.29) is 18.5 Å². The van der Waals surface area contributed by atoms with Crippen LogP contribution in [0.1, 0.15) is 18.6 Å². The van der Waals surface area contributed by atoms with Crippen LogP contribution in [-0.4, -0.2) is 35.5 Å². The van der Waals surface area contributed by atoms with Gasteiger partial charge in [-0.05, 0) is 19.5 Å². The number of hydrazine groups is 1. The molecule has 1 aromatic carbocycles. The van der Waals surface area contributed by atoms with Gasteiger partial charge in [-0.1, -0.05) is 30.3 Å². The van der Waals surface area contributed by atoms with E-state index in [0.717, 1.165) is 5.56 Å². The molecule has 0 heterocycles. The Morgan fingerprint density at radius 3 is 2.59 bits per heavy atom. The van der Waals surface area contributed by atoms with Gasteiger partial charge >= 0.3 is 0 Å². The quantitative estimate of drug-likeness (QED) is 0.383. The summed E-state index contributed by atoms with van der Waals surface area (Å²) >= 11 is 0. The number of benzene rings is 1. The zero-order valence-electron chi connectivity index (χ0n) is 10.1. The monoisotopic (exact) mass is 237 g/mol. The molecular weight excluding hydrogens is 218 g/mol. The largest absolute Gasteiger partial charge is 0.387 e. The van der Waals surface area contributed by atoms with E-state index in [2.05, 4.69) is 5.43 Å². The predicted molar refractivity (Wildman–Crippen MR) is 65.8 cm³/mol. The number of rotatable bonds is 5. The molecule has 0 radical (unpaired) electrons. The number of aliphatic hydroxyl groups excluding tert-OH is 1. The Bertz CT molecular complexity index is 356. The lowest BCUT2D eigenvalue weighted by molar-refractivity contribution is -0.122. The van der Waals surface area contributed by atoms with Crippen LogP contribution in [0.4, 0.5) is 0 Å². The summed E-state index contributed by atoms with van der Waals surface area (Å²) in [6.45, 7) is 2.02. The van der Waals surface area contributed by atoms with Crippen molar-refractivity contribution in [3.8, 4) is 0 Å². The summed E-state index contributed by atoms with van der Waals surface area (Å²) < 4.78 is 0. The Balaban J connectivity index is 2.63. The van der Waals surface area contributed by atoms with E-state index in [1.807, 2.05) is 37.3 Å². The van der Waals surface area contributed by atoms with Crippen LogP contribution >= 0.6 is 0 Å². The standard InChI is InChI=1S/C12H19N3O2/c1-9(15(2)8-11(16)14-13)12(17)10-6-4-3-5-7-10/h3-7,9,12,17H,8,13H2,1-2H3,(H,14,16)/t9-,12-/m0/s1. The number of hydrogen-bond acceptors (Lipinski definition) is 4. The molecule has 4 N–H and O–H groups in total. The lowest BCUT2D eigenvalue weighted by atomic mass is 10.0. The van der Waals surface area contributed by atoms with E-state index >= 15 is 0 Å². The zero-order valence-corrected chi connectivity index (χ0v) is 10.1. The zero-order chi connectivity index (χ0) is 12.8. The first kappa shape index (κ1) is 13.6. The highest BCUT2D eigenvalue weighted by Gasteiger charge is 2.21. The molecule has 0 saturated carbocycles. The van der Waals surface area contributed by atoms with Crippen molar-refractivity contribution in [2.45, 2.75) is 19.1 Å². The minimum Gasteiger partial charge on any atom is -0.387 e. The molecule has 0 aromatic heterocycles. The first-order chi connectivity index (χ1) is 8.06. The van der Waals surface area contributed by atoms with Crippen molar-refractivity contribution in [1.82, 2.24) is 10.3 Å². The van der Waals surface area contributed by atoms with Gasteiger partial charge in [-0.15, -0.1) is 0 Å². The fourth-order valence-corrected chi connectivity index (χ4v) is 1.59. The SMILES string of the molecule is C[C@@H]([C@H](O)c1ccccc1)N(C)CC(=O)NN. The molecule has 0 spiro atoms. The van der Waals surface area contributed by atoms with E-state index in [4.69, 9.17) is 5.84 Å². The minimum atomic E-state index is -0.633. The van der Waals surface area contributed by atoms with Crippen molar-refractivity contribution >= 4 is 5.91 Å². The van der Waals surface area contributed by atoms with Gasteiger partial charge in [0.1, 0.15) is 0 Å². The molecule has 0 aliphatic heterocycles. The van der Waals surface area contributed by atoms with Gasteiger partial charge in [0, 0.05) is 6.04 Å². The Kier molecular flexibility index (Phi) is 5.09. The summed E-state index contributed by atoms with van der Waals surface area (Å²) in [4.78, 5) is 12.9. The Morgan fingerprint density at radius 1 is 1.47 bits per heavy atom. The molecule has 0 aliphatic rings. The summed E-state index contributed by atoms with van der Waals surface area (Å²) in [5.74, 6) is 4.74. The van der Waals surface area contributed by atoms with E-state index in [1.165, 1.54) is 0 Å². The van der Waals surface area contributed by atoms with Crippen molar-refractivity contribution in [2.24, 2.45) is 5.84 Å². The maximum Gasteiger partial charge on any atom is 0.248 e. The van der Waals surface area contributed by atoms with E-state index in [1.54, 1.807) is 11.9 Å². The van der Waals surface area contributed by atoms with Crippen molar-refractivity contribution in [3.63, 3.8) is 0 Å². The Labute approximate surface area is 101 Å². The number of hydrogen-bond donors (Lipinski definition) is 3. The van der Waals surface area contributed by atoms with Crippen LogP contribution in [0, 0.1) is 0 Å². The third kappa shape index (κ3) is 3.81. The number of nitrogens with two attached hydrogens (primary N) is 1. The highest BCUT2D eigenvalue weighted by Crippen LogP contribution is 2.19. The average Bonchev–Trinajstić information content (AvgIpc) is 2.37. The van der Waals surface area contributed by atoms with Crippen LogP contribution in [0.2, 0.25) is 0 Å². The van der Waals surface area contributed by atoms with E-state index in [9.17, 15) is 9.90 Å². The van der Waals surface area contributed by atoms with Gasteiger partial charge in [0.2, 0.25) is 5.91 Å². The average molecular weight is 237 g/mol. The van der Waals surface area contributed by atoms with Crippen LogP contribution < -0.4 is 11.3 Å².